The lowest BCUT2D eigenvalue weighted by molar-refractivity contribution is 0.0912. The van der Waals surface area contributed by atoms with Crippen molar-refractivity contribution in [2.75, 3.05) is 18.5 Å². The van der Waals surface area contributed by atoms with E-state index in [1.54, 1.807) is 12.3 Å². The maximum absolute atomic E-state index is 11.9. The minimum absolute atomic E-state index is 0.164. The molecule has 0 radical (unpaired) electrons. The monoisotopic (exact) mass is 253 g/mol. The van der Waals surface area contributed by atoms with Gasteiger partial charge in [0.15, 0.2) is 0 Å². The molecule has 0 bridgehead atoms. The van der Waals surface area contributed by atoms with Crippen LogP contribution in [0.2, 0.25) is 0 Å². The summed E-state index contributed by atoms with van der Waals surface area (Å²) in [5.41, 5.74) is 0.631. The van der Waals surface area contributed by atoms with Crippen LogP contribution in [0, 0.1) is 5.92 Å². The minimum Gasteiger partial charge on any atom is -0.391 e. The normalized spacial score (nSPS) is 14.3. The highest BCUT2D eigenvalue weighted by atomic mass is 16.3. The largest absolute Gasteiger partial charge is 0.391 e. The molecule has 0 aliphatic carbocycles. The summed E-state index contributed by atoms with van der Waals surface area (Å²) in [6.07, 6.45) is 2.01. The Morgan fingerprint density at radius 2 is 2.17 bits per heavy atom. The van der Waals surface area contributed by atoms with Crippen molar-refractivity contribution in [2.24, 2.45) is 5.92 Å². The van der Waals surface area contributed by atoms with E-state index in [2.05, 4.69) is 5.10 Å². The number of anilines is 1. The lowest BCUT2D eigenvalue weighted by Gasteiger charge is -2.19. The number of hydrogen-bond donors (Lipinski definition) is 1. The highest BCUT2D eigenvalue weighted by molar-refractivity contribution is 5.41. The van der Waals surface area contributed by atoms with E-state index in [-0.39, 0.29) is 18.0 Å². The third kappa shape index (κ3) is 3.57. The Kier molecular flexibility index (Phi) is 5.34. The first-order chi connectivity index (χ1) is 8.49. The van der Waals surface area contributed by atoms with E-state index in [1.165, 1.54) is 4.68 Å². The van der Waals surface area contributed by atoms with Gasteiger partial charge in [-0.1, -0.05) is 20.3 Å². The van der Waals surface area contributed by atoms with Crippen LogP contribution in [0.3, 0.4) is 0 Å². The predicted molar refractivity (Wildman–Crippen MR) is 72.9 cm³/mol. The molecule has 0 fully saturated rings. The molecule has 0 saturated carbocycles. The Morgan fingerprint density at radius 1 is 1.50 bits per heavy atom. The zero-order chi connectivity index (χ0) is 13.7. The first-order valence-corrected chi connectivity index (χ1v) is 6.45. The molecule has 0 amide bonds. The summed E-state index contributed by atoms with van der Waals surface area (Å²) in [6, 6.07) is 1.56. The number of aliphatic hydroxyl groups excluding tert-OH is 1. The van der Waals surface area contributed by atoms with Crippen LogP contribution in [-0.2, 0) is 6.54 Å². The SMILES string of the molecule is CCC(C)C(O)Cn1ncc(N(C)CC)cc1=O. The molecular formula is C13H23N3O2. The molecule has 0 aliphatic rings. The second-order valence-electron chi connectivity index (χ2n) is 4.70. The van der Waals surface area contributed by atoms with Crippen molar-refractivity contribution in [1.82, 2.24) is 9.78 Å². The van der Waals surface area contributed by atoms with Crippen LogP contribution in [0.1, 0.15) is 27.2 Å². The quantitative estimate of drug-likeness (QED) is 0.825. The van der Waals surface area contributed by atoms with Gasteiger partial charge in [0.05, 0.1) is 24.5 Å². The van der Waals surface area contributed by atoms with Crippen molar-refractivity contribution in [1.29, 1.82) is 0 Å². The third-order valence-corrected chi connectivity index (χ3v) is 3.43. The molecule has 0 aromatic carbocycles. The van der Waals surface area contributed by atoms with E-state index < -0.39 is 6.10 Å². The fourth-order valence-corrected chi connectivity index (χ4v) is 1.58. The Bertz CT molecular complexity index is 430. The second-order valence-corrected chi connectivity index (χ2v) is 4.70. The van der Waals surface area contributed by atoms with E-state index in [0.717, 1.165) is 18.7 Å². The van der Waals surface area contributed by atoms with Gasteiger partial charge in [0.2, 0.25) is 0 Å². The Labute approximate surface area is 108 Å². The molecule has 1 heterocycles. The fraction of sp³-hybridized carbons (Fsp3) is 0.692. The van der Waals surface area contributed by atoms with Crippen LogP contribution < -0.4 is 10.5 Å². The summed E-state index contributed by atoms with van der Waals surface area (Å²) in [4.78, 5) is 13.8. The van der Waals surface area contributed by atoms with Crippen molar-refractivity contribution in [3.63, 3.8) is 0 Å². The van der Waals surface area contributed by atoms with Gasteiger partial charge in [0.1, 0.15) is 0 Å². The molecule has 5 heteroatoms. The number of rotatable bonds is 6. The lowest BCUT2D eigenvalue weighted by atomic mass is 10.0. The summed E-state index contributed by atoms with van der Waals surface area (Å²) in [7, 11) is 1.91. The van der Waals surface area contributed by atoms with Crippen molar-refractivity contribution in [3.8, 4) is 0 Å². The van der Waals surface area contributed by atoms with E-state index in [1.807, 2.05) is 32.7 Å². The Balaban J connectivity index is 2.83. The van der Waals surface area contributed by atoms with Crippen molar-refractivity contribution in [3.05, 3.63) is 22.6 Å². The smallest absolute Gasteiger partial charge is 0.268 e. The van der Waals surface area contributed by atoms with Crippen LogP contribution in [0.5, 0.6) is 0 Å². The second kappa shape index (κ2) is 6.54. The summed E-state index contributed by atoms with van der Waals surface area (Å²) in [5.74, 6) is 0.164. The topological polar surface area (TPSA) is 58.4 Å². The summed E-state index contributed by atoms with van der Waals surface area (Å²) in [5, 5.41) is 14.0. The van der Waals surface area contributed by atoms with Gasteiger partial charge in [-0.25, -0.2) is 4.68 Å². The van der Waals surface area contributed by atoms with Crippen LogP contribution in [0.15, 0.2) is 17.1 Å². The first kappa shape index (κ1) is 14.7. The summed E-state index contributed by atoms with van der Waals surface area (Å²) >= 11 is 0. The molecule has 1 aromatic heterocycles. The van der Waals surface area contributed by atoms with Gasteiger partial charge in [0, 0.05) is 19.7 Å². The molecule has 2 unspecified atom stereocenters. The average molecular weight is 253 g/mol. The number of aliphatic hydroxyl groups is 1. The molecule has 102 valence electrons. The molecule has 18 heavy (non-hydrogen) atoms. The van der Waals surface area contributed by atoms with Crippen molar-refractivity contribution in [2.45, 2.75) is 39.8 Å². The van der Waals surface area contributed by atoms with Gasteiger partial charge in [-0.2, -0.15) is 5.10 Å². The van der Waals surface area contributed by atoms with Gasteiger partial charge in [-0.05, 0) is 12.8 Å². The molecule has 5 nitrogen and oxygen atoms in total. The maximum atomic E-state index is 11.9. The molecule has 0 aliphatic heterocycles. The van der Waals surface area contributed by atoms with Crippen molar-refractivity contribution < 1.29 is 5.11 Å². The van der Waals surface area contributed by atoms with E-state index in [4.69, 9.17) is 0 Å². The molecule has 2 atom stereocenters. The molecule has 0 saturated heterocycles. The fourth-order valence-electron chi connectivity index (χ4n) is 1.58. The van der Waals surface area contributed by atoms with Gasteiger partial charge in [-0.3, -0.25) is 4.79 Å². The highest BCUT2D eigenvalue weighted by Gasteiger charge is 2.14. The maximum Gasteiger partial charge on any atom is 0.268 e. The van der Waals surface area contributed by atoms with Crippen LogP contribution >= 0.6 is 0 Å². The van der Waals surface area contributed by atoms with Gasteiger partial charge >= 0.3 is 0 Å². The average Bonchev–Trinajstić information content (AvgIpc) is 2.38. The lowest BCUT2D eigenvalue weighted by Crippen LogP contribution is -2.32. The Hall–Kier alpha value is -1.36. The molecule has 1 N–H and O–H groups in total. The standard InChI is InChI=1S/C13H23N3O2/c1-5-10(3)12(17)9-16-13(18)7-11(8-14-16)15(4)6-2/h7-8,10,12,17H,5-6,9H2,1-4H3. The van der Waals surface area contributed by atoms with Crippen LogP contribution in [0.25, 0.3) is 0 Å². The number of nitrogens with zero attached hydrogens (tertiary/aromatic N) is 3. The molecule has 0 spiro atoms. The highest BCUT2D eigenvalue weighted by Crippen LogP contribution is 2.09. The predicted octanol–water partition coefficient (Wildman–Crippen LogP) is 1.11. The Morgan fingerprint density at radius 3 is 2.67 bits per heavy atom. The van der Waals surface area contributed by atoms with Crippen LogP contribution in [0.4, 0.5) is 5.69 Å². The summed E-state index contributed by atoms with van der Waals surface area (Å²) < 4.78 is 1.32. The summed E-state index contributed by atoms with van der Waals surface area (Å²) in [6.45, 7) is 7.07. The third-order valence-electron chi connectivity index (χ3n) is 3.43. The molecular weight excluding hydrogens is 230 g/mol. The number of hydrogen-bond acceptors (Lipinski definition) is 4. The van der Waals surface area contributed by atoms with Gasteiger partial charge in [0.25, 0.3) is 5.56 Å². The van der Waals surface area contributed by atoms with Gasteiger partial charge < -0.3 is 10.0 Å². The minimum atomic E-state index is -0.532. The first-order valence-electron chi connectivity index (χ1n) is 6.45. The zero-order valence-corrected chi connectivity index (χ0v) is 11.6. The zero-order valence-electron chi connectivity index (χ0n) is 11.6. The van der Waals surface area contributed by atoms with Gasteiger partial charge in [-0.15, -0.1) is 0 Å². The van der Waals surface area contributed by atoms with Crippen molar-refractivity contribution >= 4 is 5.69 Å². The van der Waals surface area contributed by atoms with E-state index >= 15 is 0 Å². The van der Waals surface area contributed by atoms with E-state index in [9.17, 15) is 9.90 Å². The molecule has 1 aromatic rings. The molecule has 1 rings (SSSR count). The number of aromatic nitrogens is 2. The van der Waals surface area contributed by atoms with E-state index in [0.29, 0.717) is 0 Å². The van der Waals surface area contributed by atoms with Crippen LogP contribution in [-0.4, -0.2) is 34.6 Å².